The maximum atomic E-state index is 12.9. The van der Waals surface area contributed by atoms with Gasteiger partial charge in [-0.1, -0.05) is 19.0 Å². The number of hydrogen-bond acceptors (Lipinski definition) is 4. The van der Waals surface area contributed by atoms with Crippen molar-refractivity contribution in [2.75, 3.05) is 33.2 Å². The predicted octanol–water partition coefficient (Wildman–Crippen LogP) is 3.22. The van der Waals surface area contributed by atoms with Crippen LogP contribution in [0.15, 0.2) is 15.6 Å². The Morgan fingerprint density at radius 2 is 1.89 bits per heavy atom. The molecule has 0 aromatic carbocycles. The molecule has 2 rings (SSSR count). The Labute approximate surface area is 158 Å². The van der Waals surface area contributed by atoms with Crippen LogP contribution >= 0.6 is 0 Å². The molecule has 9 heteroatoms. The third-order valence-electron chi connectivity index (χ3n) is 5.25. The maximum absolute atomic E-state index is 12.9. The van der Waals surface area contributed by atoms with Gasteiger partial charge in [-0.15, -0.1) is 0 Å². The minimum Gasteiger partial charge on any atom is -0.359 e. The Bertz CT molecular complexity index is 604. The molecule has 0 spiro atoms. The van der Waals surface area contributed by atoms with E-state index in [2.05, 4.69) is 29.3 Å². The number of nitrogens with zero attached hydrogens (tertiary/aromatic N) is 4. The van der Waals surface area contributed by atoms with Crippen LogP contribution in [0.3, 0.4) is 0 Å². The third kappa shape index (κ3) is 5.60. The van der Waals surface area contributed by atoms with E-state index < -0.39 is 12.2 Å². The first-order valence-electron chi connectivity index (χ1n) is 9.51. The topological polar surface area (TPSA) is 56.9 Å². The van der Waals surface area contributed by atoms with Gasteiger partial charge in [0.15, 0.2) is 11.7 Å². The lowest BCUT2D eigenvalue weighted by atomic mass is 9.99. The zero-order valence-electron chi connectivity index (χ0n) is 16.5. The van der Waals surface area contributed by atoms with Crippen LogP contribution in [0.2, 0.25) is 0 Å². The van der Waals surface area contributed by atoms with Gasteiger partial charge in [-0.05, 0) is 19.8 Å². The average Bonchev–Trinajstić information content (AvgIpc) is 3.11. The van der Waals surface area contributed by atoms with E-state index in [1.54, 1.807) is 7.05 Å². The van der Waals surface area contributed by atoms with E-state index in [-0.39, 0.29) is 0 Å². The smallest absolute Gasteiger partial charge is 0.359 e. The highest BCUT2D eigenvalue weighted by Gasteiger charge is 2.41. The average molecular weight is 389 g/mol. The summed E-state index contributed by atoms with van der Waals surface area (Å²) in [5.74, 6) is 1.78. The van der Waals surface area contributed by atoms with Gasteiger partial charge in [0.1, 0.15) is 6.04 Å². The van der Waals surface area contributed by atoms with Crippen molar-refractivity contribution in [3.8, 4) is 0 Å². The van der Waals surface area contributed by atoms with Crippen molar-refractivity contribution in [3.05, 3.63) is 17.5 Å². The molecule has 27 heavy (non-hydrogen) atoms. The van der Waals surface area contributed by atoms with Crippen molar-refractivity contribution >= 4 is 5.96 Å². The van der Waals surface area contributed by atoms with E-state index in [1.165, 1.54) is 11.8 Å². The van der Waals surface area contributed by atoms with Gasteiger partial charge in [0.25, 0.3) is 0 Å². The zero-order chi connectivity index (χ0) is 20.0. The normalized spacial score (nSPS) is 18.2. The van der Waals surface area contributed by atoms with Gasteiger partial charge in [0, 0.05) is 45.2 Å². The lowest BCUT2D eigenvalue weighted by Crippen LogP contribution is -2.56. The van der Waals surface area contributed by atoms with Crippen LogP contribution in [0.25, 0.3) is 0 Å². The lowest BCUT2D eigenvalue weighted by molar-refractivity contribution is -0.181. The largest absolute Gasteiger partial charge is 0.403 e. The van der Waals surface area contributed by atoms with Crippen molar-refractivity contribution in [2.24, 2.45) is 4.99 Å². The number of alkyl halides is 3. The number of rotatable bonds is 6. The molecular weight excluding hydrogens is 359 g/mol. The molecule has 1 aliphatic rings. The standard InChI is InChI=1S/C18H30F3N5O/c1-5-14(6-2)16-11-15(27-24-16)12-23-17(22-4)26-9-7-25(8-10-26)13(3)18(19,20)21/h11,13-14H,5-10,12H2,1-4H3,(H,22,23). The molecule has 1 fully saturated rings. The Morgan fingerprint density at radius 3 is 2.41 bits per heavy atom. The molecule has 6 nitrogen and oxygen atoms in total. The minimum absolute atomic E-state index is 0.350. The Morgan fingerprint density at radius 1 is 1.26 bits per heavy atom. The van der Waals surface area contributed by atoms with Crippen LogP contribution < -0.4 is 5.32 Å². The predicted molar refractivity (Wildman–Crippen MR) is 98.7 cm³/mol. The third-order valence-corrected chi connectivity index (χ3v) is 5.25. The number of aromatic nitrogens is 1. The van der Waals surface area contributed by atoms with Crippen LogP contribution in [0.5, 0.6) is 0 Å². The van der Waals surface area contributed by atoms with E-state index >= 15 is 0 Å². The molecule has 1 aromatic rings. The highest BCUT2D eigenvalue weighted by Crippen LogP contribution is 2.25. The monoisotopic (exact) mass is 389 g/mol. The van der Waals surface area contributed by atoms with E-state index in [0.29, 0.717) is 44.6 Å². The first-order chi connectivity index (χ1) is 12.8. The molecule has 154 valence electrons. The molecule has 0 aliphatic carbocycles. The first kappa shape index (κ1) is 21.5. The summed E-state index contributed by atoms with van der Waals surface area (Å²) in [6.45, 7) is 7.60. The maximum Gasteiger partial charge on any atom is 0.403 e. The van der Waals surface area contributed by atoms with E-state index in [1.807, 2.05) is 11.0 Å². The quantitative estimate of drug-likeness (QED) is 0.598. The second-order valence-corrected chi connectivity index (χ2v) is 6.87. The molecule has 1 N–H and O–H groups in total. The van der Waals surface area contributed by atoms with Crippen LogP contribution in [-0.2, 0) is 6.54 Å². The molecule has 1 unspecified atom stereocenters. The molecule has 1 aliphatic heterocycles. The molecule has 1 aromatic heterocycles. The van der Waals surface area contributed by atoms with Gasteiger partial charge >= 0.3 is 6.18 Å². The molecular formula is C18H30F3N5O. The van der Waals surface area contributed by atoms with Gasteiger partial charge in [-0.3, -0.25) is 9.89 Å². The first-order valence-corrected chi connectivity index (χ1v) is 9.51. The van der Waals surface area contributed by atoms with Crippen molar-refractivity contribution in [1.29, 1.82) is 0 Å². The van der Waals surface area contributed by atoms with Crippen molar-refractivity contribution in [3.63, 3.8) is 0 Å². The van der Waals surface area contributed by atoms with Gasteiger partial charge in [0.2, 0.25) is 0 Å². The van der Waals surface area contributed by atoms with Crippen LogP contribution in [-0.4, -0.2) is 66.4 Å². The Kier molecular flexibility index (Phi) is 7.52. The van der Waals surface area contributed by atoms with E-state index in [0.717, 1.165) is 24.3 Å². The lowest BCUT2D eigenvalue weighted by Gasteiger charge is -2.39. The van der Waals surface area contributed by atoms with Crippen LogP contribution in [0, 0.1) is 0 Å². The molecule has 2 heterocycles. The Hall–Kier alpha value is -1.77. The van der Waals surface area contributed by atoms with Gasteiger partial charge in [-0.2, -0.15) is 13.2 Å². The molecule has 0 radical (unpaired) electrons. The second kappa shape index (κ2) is 9.43. The highest BCUT2D eigenvalue weighted by molar-refractivity contribution is 5.79. The summed E-state index contributed by atoms with van der Waals surface area (Å²) in [4.78, 5) is 7.68. The summed E-state index contributed by atoms with van der Waals surface area (Å²) in [6, 6.07) is 0.535. The van der Waals surface area contributed by atoms with Crippen molar-refractivity contribution in [2.45, 2.75) is 58.3 Å². The zero-order valence-corrected chi connectivity index (χ0v) is 16.5. The minimum atomic E-state index is -4.19. The number of aliphatic imine (C=N–C) groups is 1. The van der Waals surface area contributed by atoms with Gasteiger partial charge in [-0.25, -0.2) is 0 Å². The molecule has 0 saturated carbocycles. The number of guanidine groups is 1. The summed E-state index contributed by atoms with van der Waals surface area (Å²) < 4.78 is 44.0. The SMILES string of the molecule is CCC(CC)c1cc(CNC(=NC)N2CCN(C(C)C(F)(F)F)CC2)on1. The fraction of sp³-hybridized carbons (Fsp3) is 0.778. The van der Waals surface area contributed by atoms with Gasteiger partial charge < -0.3 is 14.7 Å². The fourth-order valence-electron chi connectivity index (χ4n) is 3.34. The summed E-state index contributed by atoms with van der Waals surface area (Å²) in [6.07, 6.45) is -2.17. The highest BCUT2D eigenvalue weighted by atomic mass is 19.4. The summed E-state index contributed by atoms with van der Waals surface area (Å²) in [5, 5.41) is 7.36. The summed E-state index contributed by atoms with van der Waals surface area (Å²) in [5.41, 5.74) is 0.960. The molecule has 0 bridgehead atoms. The summed E-state index contributed by atoms with van der Waals surface area (Å²) in [7, 11) is 1.67. The summed E-state index contributed by atoms with van der Waals surface area (Å²) >= 11 is 0. The van der Waals surface area contributed by atoms with Crippen molar-refractivity contribution in [1.82, 2.24) is 20.3 Å². The molecule has 1 atom stereocenters. The van der Waals surface area contributed by atoms with Crippen LogP contribution in [0.4, 0.5) is 13.2 Å². The van der Waals surface area contributed by atoms with E-state index in [4.69, 9.17) is 4.52 Å². The van der Waals surface area contributed by atoms with Crippen molar-refractivity contribution < 1.29 is 17.7 Å². The number of hydrogen-bond donors (Lipinski definition) is 1. The van der Waals surface area contributed by atoms with E-state index in [9.17, 15) is 13.2 Å². The fourth-order valence-corrected chi connectivity index (χ4v) is 3.34. The van der Waals surface area contributed by atoms with Crippen LogP contribution in [0.1, 0.15) is 51.0 Å². The molecule has 0 amide bonds. The molecule has 1 saturated heterocycles. The van der Waals surface area contributed by atoms with Gasteiger partial charge in [0.05, 0.1) is 12.2 Å². The second-order valence-electron chi connectivity index (χ2n) is 6.87. The number of nitrogens with one attached hydrogen (secondary N) is 1. The number of piperazine rings is 1. The Balaban J connectivity index is 1.86. The number of halogens is 3.